The SMILES string of the molecule is CCCNC(=O)Cc1cn(Cc2ccc(OCc3ccccc3)cc2)c2ccc(Br)cc12. The summed E-state index contributed by atoms with van der Waals surface area (Å²) in [5.41, 5.74) is 4.49. The molecule has 1 N–H and O–H groups in total. The smallest absolute Gasteiger partial charge is 0.224 e. The number of fused-ring (bicyclic) bond motifs is 1. The van der Waals surface area contributed by atoms with Gasteiger partial charge < -0.3 is 14.6 Å². The molecule has 1 amide bonds. The molecule has 5 heteroatoms. The Morgan fingerprint density at radius 1 is 1.00 bits per heavy atom. The van der Waals surface area contributed by atoms with Crippen molar-refractivity contribution in [3.05, 3.63) is 100 Å². The van der Waals surface area contributed by atoms with Crippen LogP contribution in [0, 0.1) is 0 Å². The molecule has 0 atom stereocenters. The van der Waals surface area contributed by atoms with Crippen molar-refractivity contribution in [1.82, 2.24) is 9.88 Å². The number of nitrogens with zero attached hydrogens (tertiary/aromatic N) is 1. The highest BCUT2D eigenvalue weighted by Gasteiger charge is 2.13. The van der Waals surface area contributed by atoms with E-state index in [0.29, 0.717) is 19.6 Å². The van der Waals surface area contributed by atoms with E-state index in [1.54, 1.807) is 0 Å². The summed E-state index contributed by atoms with van der Waals surface area (Å²) in [5, 5.41) is 4.08. The standard InChI is InChI=1S/C27H27BrN2O2/c1-2-14-29-27(31)15-22-18-30(26-13-10-23(28)16-25(22)26)17-20-8-11-24(12-9-20)32-19-21-6-4-3-5-7-21/h3-13,16,18H,2,14-15,17,19H2,1H3,(H,29,31). The van der Waals surface area contributed by atoms with Crippen molar-refractivity contribution in [3.63, 3.8) is 0 Å². The van der Waals surface area contributed by atoms with Crippen LogP contribution >= 0.6 is 15.9 Å². The number of nitrogens with one attached hydrogen (secondary N) is 1. The van der Waals surface area contributed by atoms with Crippen molar-refractivity contribution >= 4 is 32.7 Å². The number of hydrogen-bond acceptors (Lipinski definition) is 2. The zero-order chi connectivity index (χ0) is 22.3. The topological polar surface area (TPSA) is 43.3 Å². The number of amides is 1. The van der Waals surface area contributed by atoms with E-state index in [0.717, 1.165) is 45.2 Å². The molecule has 3 aromatic carbocycles. The fourth-order valence-corrected chi connectivity index (χ4v) is 4.10. The first-order chi connectivity index (χ1) is 15.6. The van der Waals surface area contributed by atoms with Crippen molar-refractivity contribution in [3.8, 4) is 5.75 Å². The molecule has 0 bridgehead atoms. The Morgan fingerprint density at radius 2 is 1.78 bits per heavy atom. The summed E-state index contributed by atoms with van der Waals surface area (Å²) in [7, 11) is 0. The number of ether oxygens (including phenoxy) is 1. The van der Waals surface area contributed by atoms with Gasteiger partial charge in [0, 0.05) is 34.7 Å². The summed E-state index contributed by atoms with van der Waals surface area (Å²) in [6, 6.07) is 24.6. The molecule has 0 spiro atoms. The van der Waals surface area contributed by atoms with Crippen LogP contribution in [0.25, 0.3) is 10.9 Å². The number of hydrogen-bond donors (Lipinski definition) is 1. The van der Waals surface area contributed by atoms with Crippen LogP contribution in [-0.4, -0.2) is 17.0 Å². The molecular weight excluding hydrogens is 464 g/mol. The van der Waals surface area contributed by atoms with Crippen molar-refractivity contribution in [2.24, 2.45) is 0 Å². The van der Waals surface area contributed by atoms with Crippen LogP contribution in [0.2, 0.25) is 0 Å². The van der Waals surface area contributed by atoms with Gasteiger partial charge in [-0.25, -0.2) is 0 Å². The highest BCUT2D eigenvalue weighted by atomic mass is 79.9. The Balaban J connectivity index is 1.49. The maximum atomic E-state index is 12.3. The minimum Gasteiger partial charge on any atom is -0.489 e. The Hall–Kier alpha value is -3.05. The van der Waals surface area contributed by atoms with E-state index in [-0.39, 0.29) is 5.91 Å². The molecule has 0 saturated carbocycles. The number of rotatable bonds is 9. The first-order valence-electron chi connectivity index (χ1n) is 10.9. The molecule has 0 unspecified atom stereocenters. The molecule has 0 aliphatic carbocycles. The molecule has 0 radical (unpaired) electrons. The quantitative estimate of drug-likeness (QED) is 0.308. The fraction of sp³-hybridized carbons (Fsp3) is 0.222. The third kappa shape index (κ3) is 5.60. The number of carbonyl (C=O) groups is 1. The average molecular weight is 491 g/mol. The number of carbonyl (C=O) groups excluding carboxylic acids is 1. The molecule has 1 heterocycles. The summed E-state index contributed by atoms with van der Waals surface area (Å²) in [6.45, 7) is 4.05. The Bertz CT molecular complexity index is 1180. The van der Waals surface area contributed by atoms with E-state index in [4.69, 9.17) is 4.74 Å². The van der Waals surface area contributed by atoms with Gasteiger partial charge in [-0.05, 0) is 53.4 Å². The predicted molar refractivity (Wildman–Crippen MR) is 133 cm³/mol. The van der Waals surface area contributed by atoms with Gasteiger partial charge in [-0.3, -0.25) is 4.79 Å². The second-order valence-electron chi connectivity index (χ2n) is 7.89. The lowest BCUT2D eigenvalue weighted by Crippen LogP contribution is -2.25. The largest absolute Gasteiger partial charge is 0.489 e. The first kappa shape index (κ1) is 22.2. The van der Waals surface area contributed by atoms with E-state index in [1.807, 2.05) is 36.4 Å². The van der Waals surface area contributed by atoms with Crippen LogP contribution in [0.4, 0.5) is 0 Å². The van der Waals surface area contributed by atoms with E-state index in [9.17, 15) is 4.79 Å². The fourth-order valence-electron chi connectivity index (χ4n) is 3.74. The number of aromatic nitrogens is 1. The highest BCUT2D eigenvalue weighted by Crippen LogP contribution is 2.27. The molecule has 4 nitrogen and oxygen atoms in total. The molecule has 4 rings (SSSR count). The third-order valence-corrected chi connectivity index (χ3v) is 5.87. The van der Waals surface area contributed by atoms with Gasteiger partial charge in [0.15, 0.2) is 0 Å². The second-order valence-corrected chi connectivity index (χ2v) is 8.80. The zero-order valence-electron chi connectivity index (χ0n) is 18.2. The maximum absolute atomic E-state index is 12.3. The van der Waals surface area contributed by atoms with Gasteiger partial charge in [0.25, 0.3) is 0 Å². The second kappa shape index (κ2) is 10.5. The molecule has 0 aliphatic rings. The maximum Gasteiger partial charge on any atom is 0.224 e. The molecule has 0 aliphatic heterocycles. The molecular formula is C27H27BrN2O2. The number of benzene rings is 3. The lowest BCUT2D eigenvalue weighted by molar-refractivity contribution is -0.120. The number of halogens is 1. The molecule has 1 aromatic heterocycles. The van der Waals surface area contributed by atoms with Gasteiger partial charge in [-0.2, -0.15) is 0 Å². The van der Waals surface area contributed by atoms with Crippen molar-refractivity contribution in [1.29, 1.82) is 0 Å². The highest BCUT2D eigenvalue weighted by molar-refractivity contribution is 9.10. The Labute approximate surface area is 197 Å². The van der Waals surface area contributed by atoms with Crippen LogP contribution < -0.4 is 10.1 Å². The molecule has 4 aromatic rings. The van der Waals surface area contributed by atoms with Gasteiger partial charge in [0.2, 0.25) is 5.91 Å². The third-order valence-electron chi connectivity index (χ3n) is 5.37. The molecule has 0 fully saturated rings. The van der Waals surface area contributed by atoms with Crippen LogP contribution in [0.1, 0.15) is 30.0 Å². The van der Waals surface area contributed by atoms with E-state index < -0.39 is 0 Å². The van der Waals surface area contributed by atoms with Crippen LogP contribution in [0.5, 0.6) is 5.75 Å². The lowest BCUT2D eigenvalue weighted by Gasteiger charge is -2.09. The Kier molecular flexibility index (Phi) is 7.28. The van der Waals surface area contributed by atoms with Gasteiger partial charge in [-0.15, -0.1) is 0 Å². The van der Waals surface area contributed by atoms with Crippen molar-refractivity contribution in [2.45, 2.75) is 32.9 Å². The van der Waals surface area contributed by atoms with Crippen molar-refractivity contribution < 1.29 is 9.53 Å². The van der Waals surface area contributed by atoms with Crippen molar-refractivity contribution in [2.75, 3.05) is 6.54 Å². The van der Waals surface area contributed by atoms with Crippen LogP contribution in [0.15, 0.2) is 83.5 Å². The summed E-state index contributed by atoms with van der Waals surface area (Å²) in [5.74, 6) is 0.915. The van der Waals surface area contributed by atoms with Gasteiger partial charge >= 0.3 is 0 Å². The summed E-state index contributed by atoms with van der Waals surface area (Å²) < 4.78 is 9.13. The minimum absolute atomic E-state index is 0.0609. The van der Waals surface area contributed by atoms with Crippen LogP contribution in [-0.2, 0) is 24.4 Å². The summed E-state index contributed by atoms with van der Waals surface area (Å²) >= 11 is 3.57. The van der Waals surface area contributed by atoms with E-state index in [1.165, 1.54) is 5.56 Å². The summed E-state index contributed by atoms with van der Waals surface area (Å²) in [6.07, 6.45) is 3.42. The zero-order valence-corrected chi connectivity index (χ0v) is 19.8. The van der Waals surface area contributed by atoms with Gasteiger partial charge in [0.05, 0.1) is 6.42 Å². The lowest BCUT2D eigenvalue weighted by atomic mass is 10.1. The normalized spacial score (nSPS) is 10.9. The van der Waals surface area contributed by atoms with Gasteiger partial charge in [-0.1, -0.05) is 65.3 Å². The molecule has 32 heavy (non-hydrogen) atoms. The molecule has 0 saturated heterocycles. The minimum atomic E-state index is 0.0609. The summed E-state index contributed by atoms with van der Waals surface area (Å²) in [4.78, 5) is 12.3. The molecule has 164 valence electrons. The monoisotopic (exact) mass is 490 g/mol. The predicted octanol–water partition coefficient (Wildman–Crippen LogP) is 6.10. The van der Waals surface area contributed by atoms with E-state index >= 15 is 0 Å². The average Bonchev–Trinajstić information content (AvgIpc) is 3.13. The Morgan fingerprint density at radius 3 is 2.53 bits per heavy atom. The van der Waals surface area contributed by atoms with Crippen LogP contribution in [0.3, 0.4) is 0 Å². The van der Waals surface area contributed by atoms with Gasteiger partial charge in [0.1, 0.15) is 12.4 Å². The first-order valence-corrected chi connectivity index (χ1v) is 11.7. The van der Waals surface area contributed by atoms with E-state index in [2.05, 4.69) is 75.3 Å².